The van der Waals surface area contributed by atoms with E-state index >= 15 is 0 Å². The van der Waals surface area contributed by atoms with Crippen LogP contribution in [-0.2, 0) is 54.4 Å². The van der Waals surface area contributed by atoms with E-state index in [2.05, 4.69) is 133 Å². The van der Waals surface area contributed by atoms with Gasteiger partial charge in [-0.15, -0.1) is 12.4 Å². The molecule has 0 bridgehead atoms. The van der Waals surface area contributed by atoms with E-state index in [1.165, 1.54) is 22.3 Å². The van der Waals surface area contributed by atoms with Gasteiger partial charge in [-0.25, -0.2) is 12.1 Å². The van der Waals surface area contributed by atoms with Gasteiger partial charge in [0.2, 0.25) is 0 Å². The molecule has 0 atom stereocenters. The molecule has 0 saturated carbocycles. The van der Waals surface area contributed by atoms with Gasteiger partial charge in [0.1, 0.15) is 0 Å². The molecule has 2 aromatic carbocycles. The molecule has 2 aromatic rings. The van der Waals surface area contributed by atoms with Gasteiger partial charge in [0.25, 0.3) is 0 Å². The molecular formula is C28H50ClSiY-2. The summed E-state index contributed by atoms with van der Waals surface area (Å²) in [6.45, 7) is 31.5. The van der Waals surface area contributed by atoms with Gasteiger partial charge in [-0.1, -0.05) is 107 Å². The quantitative estimate of drug-likeness (QED) is 0.232. The largest absolute Gasteiger partial charge is 0.206 e. The summed E-state index contributed by atoms with van der Waals surface area (Å²) in [7, 11) is 0.750. The van der Waals surface area contributed by atoms with Gasteiger partial charge in [-0.05, 0) is 10.8 Å². The molecule has 0 heterocycles. The molecule has 0 aliphatic rings. The summed E-state index contributed by atoms with van der Waals surface area (Å²) in [5, 5.41) is 0. The number of halogens is 1. The second kappa shape index (κ2) is 13.9. The Bertz CT molecular complexity index is 590. The van der Waals surface area contributed by atoms with E-state index in [0.29, 0.717) is 0 Å². The maximum atomic E-state index is 2.33. The van der Waals surface area contributed by atoms with Crippen molar-refractivity contribution in [3.63, 3.8) is 0 Å². The first-order valence-corrected chi connectivity index (χ1v) is 13.4. The van der Waals surface area contributed by atoms with Crippen molar-refractivity contribution in [1.29, 1.82) is 0 Å². The average molecular weight is 539 g/mol. The minimum Gasteiger partial charge on any atom is -0.206 e. The second-order valence-electron chi connectivity index (χ2n) is 12.4. The Hall–Kier alpha value is 0.311. The molecule has 0 unspecified atom stereocenters. The summed E-state index contributed by atoms with van der Waals surface area (Å²) < 4.78 is 0. The van der Waals surface area contributed by atoms with Crippen molar-refractivity contribution in [2.45, 2.75) is 118 Å². The number of hydrogen-bond donors (Lipinski definition) is 0. The van der Waals surface area contributed by atoms with Gasteiger partial charge >= 0.3 is 0 Å². The monoisotopic (exact) mass is 538 g/mol. The Morgan fingerprint density at radius 1 is 0.548 bits per heavy atom. The molecule has 2 rings (SSSR count). The van der Waals surface area contributed by atoms with Gasteiger partial charge < -0.3 is 0 Å². The fourth-order valence-electron chi connectivity index (χ4n) is 2.75. The van der Waals surface area contributed by atoms with Crippen molar-refractivity contribution in [3.05, 3.63) is 58.7 Å². The van der Waals surface area contributed by atoms with Crippen LogP contribution >= 0.6 is 12.4 Å². The van der Waals surface area contributed by atoms with Gasteiger partial charge in [-0.3, -0.25) is 0 Å². The summed E-state index contributed by atoms with van der Waals surface area (Å²) in [6.07, 6.45) is 0. The van der Waals surface area contributed by atoms with Crippen molar-refractivity contribution in [2.75, 3.05) is 0 Å². The second-order valence-corrected chi connectivity index (χ2v) is 13.5. The van der Waals surface area contributed by atoms with Gasteiger partial charge in [0.05, 0.1) is 0 Å². The number of rotatable bonds is 0. The van der Waals surface area contributed by atoms with Crippen LogP contribution in [0.2, 0.25) is 13.1 Å². The van der Waals surface area contributed by atoms with Gasteiger partial charge in [0, 0.05) is 42.2 Å². The molecule has 0 aliphatic carbocycles. The molecule has 0 nitrogen and oxygen atoms in total. The third kappa shape index (κ3) is 13.6. The van der Waals surface area contributed by atoms with Crippen LogP contribution in [0.15, 0.2) is 36.4 Å². The Labute approximate surface area is 229 Å². The van der Waals surface area contributed by atoms with Crippen LogP contribution < -0.4 is 0 Å². The minimum absolute atomic E-state index is 0. The first-order valence-electron chi connectivity index (χ1n) is 11.1. The van der Waals surface area contributed by atoms with Crippen LogP contribution in [0.1, 0.15) is 105 Å². The van der Waals surface area contributed by atoms with Gasteiger partial charge in [-0.2, -0.15) is 46.5 Å². The molecule has 0 spiro atoms. The van der Waals surface area contributed by atoms with Crippen LogP contribution in [0.5, 0.6) is 0 Å². The Morgan fingerprint density at radius 3 is 0.871 bits per heavy atom. The molecule has 0 amide bonds. The van der Waals surface area contributed by atoms with Crippen molar-refractivity contribution in [1.82, 2.24) is 0 Å². The van der Waals surface area contributed by atoms with E-state index in [1.807, 2.05) is 0 Å². The molecule has 0 fully saturated rings. The zero-order chi connectivity index (χ0) is 23.3. The molecule has 178 valence electrons. The zero-order valence-electron chi connectivity index (χ0n) is 23.0. The third-order valence-corrected chi connectivity index (χ3v) is 4.97. The van der Waals surface area contributed by atoms with Crippen LogP contribution in [0.3, 0.4) is 0 Å². The standard InChI is InChI=1S/2C13H21.C2H7Si.ClH.Y/c2*1-12(2,3)10-7-8-11(9-10)13(4,5)6;1-3-2;;/h2*7-9H,1-6H3;3H,1-2H3;1H;/q2*-1;;;. The van der Waals surface area contributed by atoms with Gasteiger partial charge in [0.15, 0.2) is 0 Å². The van der Waals surface area contributed by atoms with E-state index in [9.17, 15) is 0 Å². The molecule has 0 N–H and O–H groups in total. The Morgan fingerprint density at radius 2 is 0.774 bits per heavy atom. The fourth-order valence-corrected chi connectivity index (χ4v) is 2.75. The van der Waals surface area contributed by atoms with E-state index < -0.39 is 0 Å². The average Bonchev–Trinajstić information content (AvgIpc) is 3.16. The number of hydrogen-bond acceptors (Lipinski definition) is 0. The molecule has 0 aromatic heterocycles. The summed E-state index contributed by atoms with van der Waals surface area (Å²) in [6, 6.07) is 13.7. The SMILES string of the molecule is CC(C)(C)c1c[cH-]c(C(C)(C)C)c1.CC(C)(C)c1c[cH-]c(C(C)(C)C)c1.C[SiH]C.Cl.[Y]. The predicted octanol–water partition coefficient (Wildman–Crippen LogP) is 8.94. The molecular weight excluding hydrogens is 489 g/mol. The molecule has 0 aliphatic heterocycles. The van der Waals surface area contributed by atoms with E-state index in [0.717, 1.165) is 9.52 Å². The van der Waals surface area contributed by atoms with Crippen LogP contribution in [-0.4, -0.2) is 9.52 Å². The van der Waals surface area contributed by atoms with Crippen LogP contribution in [0.25, 0.3) is 0 Å². The maximum absolute atomic E-state index is 2.33. The van der Waals surface area contributed by atoms with E-state index in [-0.39, 0.29) is 66.8 Å². The van der Waals surface area contributed by atoms with Crippen molar-refractivity contribution in [3.8, 4) is 0 Å². The fraction of sp³-hybridized carbons (Fsp3) is 0.643. The Kier molecular flexibility index (Phi) is 16.1. The van der Waals surface area contributed by atoms with Crippen LogP contribution in [0, 0.1) is 0 Å². The van der Waals surface area contributed by atoms with E-state index in [4.69, 9.17) is 0 Å². The van der Waals surface area contributed by atoms with Crippen molar-refractivity contribution in [2.24, 2.45) is 0 Å². The van der Waals surface area contributed by atoms with Crippen LogP contribution in [0.4, 0.5) is 0 Å². The zero-order valence-corrected chi connectivity index (χ0v) is 27.8. The predicted molar refractivity (Wildman–Crippen MR) is 145 cm³/mol. The van der Waals surface area contributed by atoms with Crippen molar-refractivity contribution >= 4 is 21.9 Å². The maximum Gasteiger partial charge on any atom is 0.0213 e. The first kappa shape index (κ1) is 35.9. The first-order chi connectivity index (χ1) is 12.8. The summed E-state index contributed by atoms with van der Waals surface area (Å²) >= 11 is 0. The summed E-state index contributed by atoms with van der Waals surface area (Å²) in [4.78, 5) is 0. The van der Waals surface area contributed by atoms with Crippen molar-refractivity contribution < 1.29 is 32.7 Å². The molecule has 31 heavy (non-hydrogen) atoms. The Balaban J connectivity index is -0.000000424. The summed E-state index contributed by atoms with van der Waals surface area (Å²) in [5.74, 6) is 0. The third-order valence-electron chi connectivity index (χ3n) is 4.97. The normalized spacial score (nSPS) is 11.8. The molecule has 3 heteroatoms. The minimum atomic E-state index is 0. The smallest absolute Gasteiger partial charge is 0.0213 e. The summed E-state index contributed by atoms with van der Waals surface area (Å²) in [5.41, 5.74) is 6.89. The van der Waals surface area contributed by atoms with E-state index in [1.54, 1.807) is 0 Å². The molecule has 2 radical (unpaired) electrons. The molecule has 0 saturated heterocycles. The topological polar surface area (TPSA) is 0 Å².